The molecule has 0 spiro atoms. The minimum atomic E-state index is 0.450. The second kappa shape index (κ2) is 6.13. The average Bonchev–Trinajstić information content (AvgIpc) is 2.38. The van der Waals surface area contributed by atoms with Crippen LogP contribution < -0.4 is 14.4 Å². The van der Waals surface area contributed by atoms with Crippen molar-refractivity contribution < 1.29 is 14.3 Å². The average molecular weight is 237 g/mol. The summed E-state index contributed by atoms with van der Waals surface area (Å²) in [6.45, 7) is 5.94. The lowest BCUT2D eigenvalue weighted by molar-refractivity contribution is 0.111. The van der Waals surface area contributed by atoms with Crippen LogP contribution in [0.15, 0.2) is 12.1 Å². The molecule has 0 aliphatic carbocycles. The van der Waals surface area contributed by atoms with Gasteiger partial charge in [-0.1, -0.05) is 0 Å². The van der Waals surface area contributed by atoms with Gasteiger partial charge in [-0.2, -0.15) is 0 Å². The summed E-state index contributed by atoms with van der Waals surface area (Å²) in [4.78, 5) is 13.2. The summed E-state index contributed by atoms with van der Waals surface area (Å²) in [6.07, 6.45) is 0.754. The molecule has 1 rings (SSSR count). The van der Waals surface area contributed by atoms with E-state index < -0.39 is 0 Å². The van der Waals surface area contributed by atoms with E-state index in [0.29, 0.717) is 17.1 Å². The van der Waals surface area contributed by atoms with Gasteiger partial charge in [0.1, 0.15) is 11.5 Å². The normalized spacial score (nSPS) is 9.88. The first kappa shape index (κ1) is 13.4. The molecule has 0 aromatic heterocycles. The maximum absolute atomic E-state index is 11.0. The van der Waals surface area contributed by atoms with Crippen LogP contribution in [-0.2, 0) is 0 Å². The molecule has 4 heteroatoms. The first-order valence-corrected chi connectivity index (χ1v) is 5.67. The summed E-state index contributed by atoms with van der Waals surface area (Å²) in [6, 6.07) is 3.72. The number of nitrogens with zero attached hydrogens (tertiary/aromatic N) is 1. The second-order valence-electron chi connectivity index (χ2n) is 3.55. The highest BCUT2D eigenvalue weighted by Crippen LogP contribution is 2.33. The van der Waals surface area contributed by atoms with Crippen molar-refractivity contribution in [3.8, 4) is 11.5 Å². The van der Waals surface area contributed by atoms with Crippen LogP contribution in [0.1, 0.15) is 24.2 Å². The van der Waals surface area contributed by atoms with E-state index in [2.05, 4.69) is 18.7 Å². The lowest BCUT2D eigenvalue weighted by atomic mass is 10.1. The van der Waals surface area contributed by atoms with Crippen molar-refractivity contribution in [2.24, 2.45) is 0 Å². The van der Waals surface area contributed by atoms with Gasteiger partial charge in [0.2, 0.25) is 0 Å². The van der Waals surface area contributed by atoms with Crippen LogP contribution in [0.3, 0.4) is 0 Å². The van der Waals surface area contributed by atoms with Crippen molar-refractivity contribution >= 4 is 12.0 Å². The molecule has 0 N–H and O–H groups in total. The highest BCUT2D eigenvalue weighted by molar-refractivity contribution is 5.85. The predicted molar refractivity (Wildman–Crippen MR) is 68.5 cm³/mol. The van der Waals surface area contributed by atoms with Gasteiger partial charge < -0.3 is 14.4 Å². The van der Waals surface area contributed by atoms with Crippen molar-refractivity contribution in [1.29, 1.82) is 0 Å². The van der Waals surface area contributed by atoms with E-state index in [-0.39, 0.29) is 0 Å². The molecule has 0 aliphatic rings. The van der Waals surface area contributed by atoms with Crippen LogP contribution in [0.4, 0.5) is 5.69 Å². The van der Waals surface area contributed by atoms with Crippen molar-refractivity contribution in [3.63, 3.8) is 0 Å². The van der Waals surface area contributed by atoms with Gasteiger partial charge in [0, 0.05) is 30.9 Å². The summed E-state index contributed by atoms with van der Waals surface area (Å²) < 4.78 is 10.4. The quantitative estimate of drug-likeness (QED) is 0.712. The summed E-state index contributed by atoms with van der Waals surface area (Å²) >= 11 is 0. The smallest absolute Gasteiger partial charge is 0.157 e. The number of hydrogen-bond acceptors (Lipinski definition) is 4. The molecule has 0 atom stereocenters. The van der Waals surface area contributed by atoms with Crippen molar-refractivity contribution in [2.75, 3.05) is 32.2 Å². The van der Waals surface area contributed by atoms with E-state index in [1.165, 1.54) is 0 Å². The Morgan fingerprint density at radius 1 is 1.12 bits per heavy atom. The van der Waals surface area contributed by atoms with Gasteiger partial charge in [0.15, 0.2) is 6.29 Å². The maximum atomic E-state index is 11.0. The van der Waals surface area contributed by atoms with E-state index in [1.807, 2.05) is 12.1 Å². The van der Waals surface area contributed by atoms with E-state index in [4.69, 9.17) is 9.47 Å². The van der Waals surface area contributed by atoms with Crippen molar-refractivity contribution in [3.05, 3.63) is 17.7 Å². The number of benzene rings is 1. The summed E-state index contributed by atoms with van der Waals surface area (Å²) in [5, 5.41) is 0. The first-order chi connectivity index (χ1) is 8.21. The van der Waals surface area contributed by atoms with E-state index in [0.717, 1.165) is 25.1 Å². The SMILES string of the molecule is CCN(CC)c1cc(OC)c(C=O)c(OC)c1. The molecule has 0 bridgehead atoms. The van der Waals surface area contributed by atoms with Gasteiger partial charge in [-0.25, -0.2) is 0 Å². The molecular weight excluding hydrogens is 218 g/mol. The maximum Gasteiger partial charge on any atom is 0.157 e. The minimum absolute atomic E-state index is 0.450. The Hall–Kier alpha value is -1.71. The fraction of sp³-hybridized carbons (Fsp3) is 0.462. The van der Waals surface area contributed by atoms with Crippen LogP contribution in [0.5, 0.6) is 11.5 Å². The molecule has 17 heavy (non-hydrogen) atoms. The molecule has 1 aromatic carbocycles. The van der Waals surface area contributed by atoms with Gasteiger partial charge in [-0.05, 0) is 13.8 Å². The van der Waals surface area contributed by atoms with E-state index in [1.54, 1.807) is 14.2 Å². The lowest BCUT2D eigenvalue weighted by Gasteiger charge is -2.23. The Morgan fingerprint density at radius 3 is 1.88 bits per heavy atom. The zero-order valence-corrected chi connectivity index (χ0v) is 10.8. The zero-order chi connectivity index (χ0) is 12.8. The molecule has 1 aromatic rings. The fourth-order valence-electron chi connectivity index (χ4n) is 1.81. The van der Waals surface area contributed by atoms with Gasteiger partial charge in [-0.3, -0.25) is 4.79 Å². The van der Waals surface area contributed by atoms with Crippen LogP contribution in [-0.4, -0.2) is 33.6 Å². The third-order valence-electron chi connectivity index (χ3n) is 2.78. The highest BCUT2D eigenvalue weighted by Gasteiger charge is 2.14. The largest absolute Gasteiger partial charge is 0.496 e. The van der Waals surface area contributed by atoms with Crippen molar-refractivity contribution in [1.82, 2.24) is 0 Å². The molecule has 0 unspecified atom stereocenters. The summed E-state index contributed by atoms with van der Waals surface area (Å²) in [5.41, 5.74) is 1.44. The molecule has 0 radical (unpaired) electrons. The first-order valence-electron chi connectivity index (χ1n) is 5.67. The number of anilines is 1. The monoisotopic (exact) mass is 237 g/mol. The Morgan fingerprint density at radius 2 is 1.59 bits per heavy atom. The van der Waals surface area contributed by atoms with Gasteiger partial charge in [-0.15, -0.1) is 0 Å². The molecule has 0 heterocycles. The van der Waals surface area contributed by atoms with Gasteiger partial charge in [0.25, 0.3) is 0 Å². The standard InChI is InChI=1S/C13H19NO3/c1-5-14(6-2)10-7-12(16-3)11(9-15)13(8-10)17-4/h7-9H,5-6H2,1-4H3. The number of carbonyl (C=O) groups excluding carboxylic acids is 1. The Balaban J connectivity index is 3.30. The topological polar surface area (TPSA) is 38.8 Å². The number of aldehydes is 1. The molecule has 0 saturated carbocycles. The fourth-order valence-corrected chi connectivity index (χ4v) is 1.81. The summed E-state index contributed by atoms with van der Waals surface area (Å²) in [5.74, 6) is 1.09. The molecule has 0 amide bonds. The summed E-state index contributed by atoms with van der Waals surface area (Å²) in [7, 11) is 3.10. The number of carbonyl (C=O) groups is 1. The van der Waals surface area contributed by atoms with E-state index in [9.17, 15) is 4.79 Å². The molecule has 4 nitrogen and oxygen atoms in total. The number of ether oxygens (including phenoxy) is 2. The molecule has 0 aliphatic heterocycles. The molecule has 94 valence electrons. The number of hydrogen-bond donors (Lipinski definition) is 0. The van der Waals surface area contributed by atoms with Crippen LogP contribution in [0.2, 0.25) is 0 Å². The molecule has 0 saturated heterocycles. The van der Waals surface area contributed by atoms with Crippen molar-refractivity contribution in [2.45, 2.75) is 13.8 Å². The second-order valence-corrected chi connectivity index (χ2v) is 3.55. The molecular formula is C13H19NO3. The Labute approximate surface area is 102 Å². The van der Waals surface area contributed by atoms with E-state index >= 15 is 0 Å². The number of rotatable bonds is 6. The predicted octanol–water partition coefficient (Wildman–Crippen LogP) is 2.36. The molecule has 0 fully saturated rings. The minimum Gasteiger partial charge on any atom is -0.496 e. The number of methoxy groups -OCH3 is 2. The Kier molecular flexibility index (Phi) is 4.82. The van der Waals surface area contributed by atoms with Crippen LogP contribution in [0, 0.1) is 0 Å². The van der Waals surface area contributed by atoms with Gasteiger partial charge in [0.05, 0.1) is 19.8 Å². The third-order valence-corrected chi connectivity index (χ3v) is 2.78. The van der Waals surface area contributed by atoms with Crippen LogP contribution in [0.25, 0.3) is 0 Å². The van der Waals surface area contributed by atoms with Crippen LogP contribution >= 0.6 is 0 Å². The highest BCUT2D eigenvalue weighted by atomic mass is 16.5. The van der Waals surface area contributed by atoms with Gasteiger partial charge >= 0.3 is 0 Å². The lowest BCUT2D eigenvalue weighted by Crippen LogP contribution is -2.22. The Bertz CT molecular complexity index is 361. The third kappa shape index (κ3) is 2.70. The zero-order valence-electron chi connectivity index (χ0n) is 10.8.